The number of carbonyl (C=O) groups excluding carboxylic acids is 1. The second-order valence-corrected chi connectivity index (χ2v) is 8.58. The number of benzene rings is 1. The van der Waals surface area contributed by atoms with E-state index in [9.17, 15) is 4.79 Å². The Morgan fingerprint density at radius 3 is 2.55 bits per heavy atom. The minimum atomic E-state index is 0. The topological polar surface area (TPSA) is 72.9 Å². The number of aromatic nitrogens is 2. The van der Waals surface area contributed by atoms with Gasteiger partial charge in [-0.1, -0.05) is 50.1 Å². The Hall–Kier alpha value is -1.85. The highest BCUT2D eigenvalue weighted by Gasteiger charge is 2.40. The van der Waals surface area contributed by atoms with Crippen LogP contribution >= 0.6 is 12.4 Å². The molecule has 1 amide bonds. The van der Waals surface area contributed by atoms with Crippen molar-refractivity contribution >= 4 is 18.3 Å². The third-order valence-electron chi connectivity index (χ3n) is 6.53. The Morgan fingerprint density at radius 1 is 1.21 bits per heavy atom. The lowest BCUT2D eigenvalue weighted by molar-refractivity contribution is 0.0755. The maximum absolute atomic E-state index is 13.2. The van der Waals surface area contributed by atoms with Crippen LogP contribution in [0.3, 0.4) is 0 Å². The molecule has 1 aromatic carbocycles. The van der Waals surface area contributed by atoms with Gasteiger partial charge < -0.3 is 11.1 Å². The van der Waals surface area contributed by atoms with E-state index in [2.05, 4.69) is 29.5 Å². The third-order valence-corrected chi connectivity index (χ3v) is 6.53. The molecule has 0 aliphatic heterocycles. The van der Waals surface area contributed by atoms with E-state index in [-0.39, 0.29) is 24.4 Å². The number of fused-ring (bicyclic) bond motifs is 2. The number of nitrogens with one attached hydrogen (secondary N) is 1. The molecule has 6 heteroatoms. The largest absolute Gasteiger partial charge is 0.349 e. The van der Waals surface area contributed by atoms with Crippen LogP contribution in [-0.4, -0.2) is 27.8 Å². The molecule has 3 N–H and O–H groups in total. The molecule has 2 atom stereocenters. The van der Waals surface area contributed by atoms with Crippen molar-refractivity contribution in [1.29, 1.82) is 0 Å². The second kappa shape index (κ2) is 9.77. The number of amides is 1. The highest BCUT2D eigenvalue weighted by atomic mass is 35.5. The first-order valence-corrected chi connectivity index (χ1v) is 10.8. The van der Waals surface area contributed by atoms with E-state index in [1.165, 1.54) is 24.8 Å². The molecule has 2 aliphatic carbocycles. The van der Waals surface area contributed by atoms with Gasteiger partial charge in [0, 0.05) is 12.1 Å². The smallest absolute Gasteiger partial charge is 0.254 e. The van der Waals surface area contributed by atoms with Crippen molar-refractivity contribution in [3.05, 3.63) is 53.3 Å². The number of carbonyl (C=O) groups is 1. The molecular formula is C23H33ClN4O. The summed E-state index contributed by atoms with van der Waals surface area (Å²) < 4.78 is 1.99. The summed E-state index contributed by atoms with van der Waals surface area (Å²) >= 11 is 0. The first kappa shape index (κ1) is 21.8. The number of hydrogen-bond acceptors (Lipinski definition) is 3. The highest BCUT2D eigenvalue weighted by Crippen LogP contribution is 2.39. The molecule has 2 saturated carbocycles. The Labute approximate surface area is 179 Å². The highest BCUT2D eigenvalue weighted by molar-refractivity contribution is 5.95. The fraction of sp³-hybridized carbons (Fsp3) is 0.565. The lowest BCUT2D eigenvalue weighted by Gasteiger charge is -2.45. The van der Waals surface area contributed by atoms with Gasteiger partial charge in [0.25, 0.3) is 5.91 Å². The van der Waals surface area contributed by atoms with E-state index in [4.69, 9.17) is 5.73 Å². The first-order chi connectivity index (χ1) is 13.7. The van der Waals surface area contributed by atoms with Crippen LogP contribution in [0, 0.1) is 11.8 Å². The zero-order chi connectivity index (χ0) is 19.5. The molecule has 2 aliphatic rings. The van der Waals surface area contributed by atoms with Gasteiger partial charge in [-0.3, -0.25) is 9.48 Å². The van der Waals surface area contributed by atoms with Crippen LogP contribution in [0.5, 0.6) is 0 Å². The van der Waals surface area contributed by atoms with Crippen molar-refractivity contribution in [2.75, 3.05) is 0 Å². The number of nitrogens with two attached hydrogens (primary N) is 1. The predicted molar refractivity (Wildman–Crippen MR) is 118 cm³/mol. The maximum Gasteiger partial charge on any atom is 0.254 e. The monoisotopic (exact) mass is 416 g/mol. The molecule has 4 rings (SSSR count). The molecule has 2 aromatic rings. The summed E-state index contributed by atoms with van der Waals surface area (Å²) in [6.45, 7) is 2.85. The normalized spacial score (nSPS) is 25.9. The van der Waals surface area contributed by atoms with Crippen LogP contribution in [0.1, 0.15) is 67.1 Å². The van der Waals surface area contributed by atoms with Gasteiger partial charge in [-0.2, -0.15) is 5.10 Å². The fourth-order valence-electron chi connectivity index (χ4n) is 5.25. The molecule has 2 fully saturated rings. The average molecular weight is 417 g/mol. The fourth-order valence-corrected chi connectivity index (χ4v) is 5.25. The summed E-state index contributed by atoms with van der Waals surface area (Å²) in [5, 5.41) is 7.95. The zero-order valence-electron chi connectivity index (χ0n) is 17.2. The van der Waals surface area contributed by atoms with Gasteiger partial charge in [0.1, 0.15) is 0 Å². The van der Waals surface area contributed by atoms with E-state index >= 15 is 0 Å². The van der Waals surface area contributed by atoms with Gasteiger partial charge in [0.05, 0.1) is 24.0 Å². The van der Waals surface area contributed by atoms with E-state index in [0.717, 1.165) is 36.9 Å². The maximum atomic E-state index is 13.2. The average Bonchev–Trinajstić information content (AvgIpc) is 3.06. The summed E-state index contributed by atoms with van der Waals surface area (Å²) in [4.78, 5) is 13.2. The zero-order valence-corrected chi connectivity index (χ0v) is 18.0. The molecule has 0 saturated heterocycles. The van der Waals surface area contributed by atoms with Crippen molar-refractivity contribution in [2.45, 2.75) is 70.5 Å². The van der Waals surface area contributed by atoms with Gasteiger partial charge >= 0.3 is 0 Å². The third kappa shape index (κ3) is 4.84. The molecule has 5 nitrogen and oxygen atoms in total. The van der Waals surface area contributed by atoms with E-state index in [0.29, 0.717) is 24.4 Å². The first-order valence-electron chi connectivity index (χ1n) is 10.8. The van der Waals surface area contributed by atoms with Gasteiger partial charge in [-0.25, -0.2) is 0 Å². The lowest BCUT2D eigenvalue weighted by Crippen LogP contribution is -2.53. The summed E-state index contributed by atoms with van der Waals surface area (Å²) in [7, 11) is 0. The van der Waals surface area contributed by atoms with Crippen LogP contribution in [0.2, 0.25) is 0 Å². The molecular weight excluding hydrogens is 384 g/mol. The van der Waals surface area contributed by atoms with Crippen LogP contribution in [0.25, 0.3) is 0 Å². The standard InChI is InChI=1S/C23H32N4O.ClH/c1-2-7-21-20(14-25-27(21)15-16-8-4-3-5-9-16)23(28)26-22-17-10-6-11-18(22)13-19(24)12-17;/h3-5,8-9,14,17-19,22H,2,6-7,10-13,15,24H2,1H3,(H,26,28);1H. The molecule has 0 spiro atoms. The number of hydrogen-bond donors (Lipinski definition) is 2. The number of halogens is 1. The SMILES string of the molecule is CCCc1c(C(=O)NC2C3CCCC2CC(N)C3)cnn1Cc1ccccc1.Cl. The minimum Gasteiger partial charge on any atom is -0.349 e. The van der Waals surface area contributed by atoms with Crippen molar-refractivity contribution < 1.29 is 4.79 Å². The van der Waals surface area contributed by atoms with E-state index in [1.54, 1.807) is 6.20 Å². The van der Waals surface area contributed by atoms with E-state index < -0.39 is 0 Å². The predicted octanol–water partition coefficient (Wildman–Crippen LogP) is 3.94. The second-order valence-electron chi connectivity index (χ2n) is 8.58. The van der Waals surface area contributed by atoms with Gasteiger partial charge in [-0.15, -0.1) is 12.4 Å². The minimum absolute atomic E-state index is 0. The van der Waals surface area contributed by atoms with E-state index in [1.807, 2.05) is 22.9 Å². The number of nitrogens with zero attached hydrogens (tertiary/aromatic N) is 2. The van der Waals surface area contributed by atoms with Crippen LogP contribution in [0.4, 0.5) is 0 Å². The summed E-state index contributed by atoms with van der Waals surface area (Å²) in [6.07, 6.45) is 9.32. The molecule has 2 unspecified atom stereocenters. The quantitative estimate of drug-likeness (QED) is 0.748. The summed E-state index contributed by atoms with van der Waals surface area (Å²) in [5.41, 5.74) is 9.23. The molecule has 1 heterocycles. The molecule has 29 heavy (non-hydrogen) atoms. The number of rotatable bonds is 6. The summed E-state index contributed by atoms with van der Waals surface area (Å²) in [6, 6.07) is 10.9. The van der Waals surface area contributed by atoms with Crippen molar-refractivity contribution in [2.24, 2.45) is 17.6 Å². The molecule has 1 aromatic heterocycles. The lowest BCUT2D eigenvalue weighted by atomic mass is 9.67. The van der Waals surface area contributed by atoms with Crippen molar-refractivity contribution in [1.82, 2.24) is 15.1 Å². The Kier molecular flexibility index (Phi) is 7.36. The molecule has 158 valence electrons. The molecule has 0 radical (unpaired) electrons. The molecule has 2 bridgehead atoms. The van der Waals surface area contributed by atoms with Crippen molar-refractivity contribution in [3.63, 3.8) is 0 Å². The van der Waals surface area contributed by atoms with Crippen LogP contribution in [0.15, 0.2) is 36.5 Å². The van der Waals surface area contributed by atoms with Gasteiger partial charge in [-0.05, 0) is 49.5 Å². The van der Waals surface area contributed by atoms with Crippen molar-refractivity contribution in [3.8, 4) is 0 Å². The van der Waals surface area contributed by atoms with Gasteiger partial charge in [0.15, 0.2) is 0 Å². The summed E-state index contributed by atoms with van der Waals surface area (Å²) in [5.74, 6) is 1.10. The Morgan fingerprint density at radius 2 is 1.90 bits per heavy atom. The Balaban J connectivity index is 0.00000240. The van der Waals surface area contributed by atoms with Crippen LogP contribution in [-0.2, 0) is 13.0 Å². The Bertz CT molecular complexity index is 792. The van der Waals surface area contributed by atoms with Gasteiger partial charge in [0.2, 0.25) is 0 Å². The van der Waals surface area contributed by atoms with Crippen LogP contribution < -0.4 is 11.1 Å².